The molecule has 2 aromatic carbocycles. The van der Waals surface area contributed by atoms with Crippen LogP contribution < -0.4 is 0 Å². The van der Waals surface area contributed by atoms with Gasteiger partial charge in [-0.25, -0.2) is 4.79 Å². The van der Waals surface area contributed by atoms with Gasteiger partial charge in [-0.2, -0.15) is 12.6 Å². The smallest absolute Gasteiger partial charge is 0.410 e. The van der Waals surface area contributed by atoms with Crippen LogP contribution in [0.3, 0.4) is 0 Å². The van der Waals surface area contributed by atoms with Crippen LogP contribution in [0, 0.1) is 0 Å². The van der Waals surface area contributed by atoms with E-state index in [9.17, 15) is 9.59 Å². The fraction of sp³-hybridized carbons (Fsp3) is 0.333. The van der Waals surface area contributed by atoms with E-state index >= 15 is 0 Å². The van der Waals surface area contributed by atoms with Crippen LogP contribution in [0.25, 0.3) is 0 Å². The lowest BCUT2D eigenvalue weighted by Crippen LogP contribution is -2.46. The number of thiol groups is 1. The number of hydrogen-bond donors (Lipinski definition) is 1. The molecule has 1 aliphatic heterocycles. The summed E-state index contributed by atoms with van der Waals surface area (Å²) in [5, 5.41) is -0.0339. The number of nitrogens with zero attached hydrogens (tertiary/aromatic N) is 2. The van der Waals surface area contributed by atoms with Crippen molar-refractivity contribution in [2.75, 3.05) is 13.6 Å². The maximum atomic E-state index is 12.9. The molecule has 1 heterocycles. The van der Waals surface area contributed by atoms with Crippen LogP contribution in [0.4, 0.5) is 4.79 Å². The lowest BCUT2D eigenvalue weighted by Gasteiger charge is -2.27. The van der Waals surface area contributed by atoms with Crippen molar-refractivity contribution in [2.24, 2.45) is 0 Å². The van der Waals surface area contributed by atoms with Gasteiger partial charge in [0.15, 0.2) is 0 Å². The van der Waals surface area contributed by atoms with E-state index in [0.717, 1.165) is 11.1 Å². The highest BCUT2D eigenvalue weighted by molar-refractivity contribution is 7.81. The van der Waals surface area contributed by atoms with Crippen molar-refractivity contribution < 1.29 is 14.3 Å². The number of likely N-dealkylation sites (N-methyl/N-ethyl adjacent to an activating group) is 1. The second-order valence-corrected chi connectivity index (χ2v) is 7.51. The molecule has 0 unspecified atom stereocenters. The summed E-state index contributed by atoms with van der Waals surface area (Å²) in [7, 11) is 1.76. The van der Waals surface area contributed by atoms with Crippen molar-refractivity contribution in [3.63, 3.8) is 0 Å². The highest BCUT2D eigenvalue weighted by Gasteiger charge is 2.40. The Kier molecular flexibility index (Phi) is 6.40. The number of carbonyl (C=O) groups is 2. The molecule has 3 rings (SSSR count). The Balaban J connectivity index is 1.62. The zero-order chi connectivity index (χ0) is 19.2. The molecule has 0 saturated carbocycles. The summed E-state index contributed by atoms with van der Waals surface area (Å²) >= 11 is 4.49. The Morgan fingerprint density at radius 3 is 2.30 bits per heavy atom. The summed E-state index contributed by atoms with van der Waals surface area (Å²) in [6.45, 7) is 1.10. The largest absolute Gasteiger partial charge is 0.445 e. The summed E-state index contributed by atoms with van der Waals surface area (Å²) in [5.41, 5.74) is 1.96. The normalized spacial score (nSPS) is 19.0. The first kappa shape index (κ1) is 19.3. The molecule has 1 fully saturated rings. The monoisotopic (exact) mass is 384 g/mol. The first-order valence-corrected chi connectivity index (χ1v) is 9.50. The third kappa shape index (κ3) is 5.04. The quantitative estimate of drug-likeness (QED) is 0.805. The van der Waals surface area contributed by atoms with Crippen LogP contribution in [-0.4, -0.2) is 46.7 Å². The van der Waals surface area contributed by atoms with Gasteiger partial charge in [0.25, 0.3) is 0 Å². The predicted octanol–water partition coefficient (Wildman–Crippen LogP) is 3.35. The van der Waals surface area contributed by atoms with Crippen LogP contribution in [0.2, 0.25) is 0 Å². The molecule has 2 amide bonds. The van der Waals surface area contributed by atoms with Gasteiger partial charge in [-0.1, -0.05) is 60.7 Å². The minimum absolute atomic E-state index is 0.0339. The number of benzene rings is 2. The van der Waals surface area contributed by atoms with Crippen LogP contribution in [0.1, 0.15) is 17.5 Å². The van der Waals surface area contributed by atoms with Gasteiger partial charge in [0.1, 0.15) is 12.6 Å². The van der Waals surface area contributed by atoms with E-state index in [1.54, 1.807) is 11.9 Å². The molecule has 0 aromatic heterocycles. The Morgan fingerprint density at radius 1 is 1.07 bits per heavy atom. The Labute approximate surface area is 165 Å². The summed E-state index contributed by atoms with van der Waals surface area (Å²) in [6, 6.07) is 18.8. The number of likely N-dealkylation sites (tertiary alicyclic amines) is 1. The lowest BCUT2D eigenvalue weighted by molar-refractivity contribution is -0.134. The molecule has 5 nitrogen and oxygen atoms in total. The molecule has 0 aliphatic carbocycles. The van der Waals surface area contributed by atoms with Crippen molar-refractivity contribution in [2.45, 2.75) is 30.9 Å². The zero-order valence-electron chi connectivity index (χ0n) is 15.3. The fourth-order valence-electron chi connectivity index (χ4n) is 3.24. The Hall–Kier alpha value is -2.47. The first-order chi connectivity index (χ1) is 13.0. The molecule has 6 heteroatoms. The van der Waals surface area contributed by atoms with Gasteiger partial charge in [-0.3, -0.25) is 9.69 Å². The van der Waals surface area contributed by atoms with E-state index in [2.05, 4.69) is 12.6 Å². The zero-order valence-corrected chi connectivity index (χ0v) is 16.2. The van der Waals surface area contributed by atoms with Gasteiger partial charge >= 0.3 is 6.09 Å². The van der Waals surface area contributed by atoms with Crippen molar-refractivity contribution in [3.8, 4) is 0 Å². The number of carbonyl (C=O) groups excluding carboxylic acids is 2. The summed E-state index contributed by atoms with van der Waals surface area (Å²) in [5.74, 6) is -0.0907. The second kappa shape index (κ2) is 8.95. The maximum absolute atomic E-state index is 12.9. The van der Waals surface area contributed by atoms with Crippen molar-refractivity contribution >= 4 is 24.6 Å². The molecule has 0 bridgehead atoms. The fourth-order valence-corrected chi connectivity index (χ4v) is 3.62. The van der Waals surface area contributed by atoms with Gasteiger partial charge in [0.2, 0.25) is 5.91 Å². The summed E-state index contributed by atoms with van der Waals surface area (Å²) in [4.78, 5) is 28.6. The number of ether oxygens (including phenoxy) is 1. The standard InChI is InChI=1S/C21H24N2O3S/c1-22(13-16-8-4-2-5-9-16)20(24)19-12-18(27)14-23(19)21(25)26-15-17-10-6-3-7-11-17/h2-11,18-19,27H,12-15H2,1H3/t18-,19+/m1/s1. The predicted molar refractivity (Wildman–Crippen MR) is 107 cm³/mol. The average molecular weight is 385 g/mol. The highest BCUT2D eigenvalue weighted by Crippen LogP contribution is 2.25. The van der Waals surface area contributed by atoms with E-state index in [4.69, 9.17) is 4.74 Å². The summed E-state index contributed by atoms with van der Waals surface area (Å²) in [6.07, 6.45) is 0.0588. The molecular formula is C21H24N2O3S. The van der Waals surface area contributed by atoms with E-state index < -0.39 is 12.1 Å². The molecule has 142 valence electrons. The molecule has 2 atom stereocenters. The first-order valence-electron chi connectivity index (χ1n) is 8.99. The average Bonchev–Trinajstić information content (AvgIpc) is 3.09. The van der Waals surface area contributed by atoms with Gasteiger partial charge in [0, 0.05) is 25.4 Å². The van der Waals surface area contributed by atoms with Crippen LogP contribution in [0.5, 0.6) is 0 Å². The third-order valence-electron chi connectivity index (χ3n) is 4.64. The van der Waals surface area contributed by atoms with Gasteiger partial charge in [-0.15, -0.1) is 0 Å². The Bertz CT molecular complexity index is 770. The van der Waals surface area contributed by atoms with Gasteiger partial charge in [0.05, 0.1) is 0 Å². The minimum Gasteiger partial charge on any atom is -0.445 e. The number of hydrogen-bond acceptors (Lipinski definition) is 4. The van der Waals surface area contributed by atoms with E-state index in [1.807, 2.05) is 60.7 Å². The van der Waals surface area contributed by atoms with Crippen LogP contribution >= 0.6 is 12.6 Å². The number of rotatable bonds is 5. The third-order valence-corrected chi connectivity index (χ3v) is 5.02. The summed E-state index contributed by atoms with van der Waals surface area (Å²) < 4.78 is 5.42. The van der Waals surface area contributed by atoms with E-state index in [-0.39, 0.29) is 17.8 Å². The molecule has 0 radical (unpaired) electrons. The maximum Gasteiger partial charge on any atom is 0.410 e. The Morgan fingerprint density at radius 2 is 1.67 bits per heavy atom. The molecule has 0 N–H and O–H groups in total. The van der Waals surface area contributed by atoms with Crippen molar-refractivity contribution in [3.05, 3.63) is 71.8 Å². The molecular weight excluding hydrogens is 360 g/mol. The minimum atomic E-state index is -0.538. The van der Waals surface area contributed by atoms with Crippen LogP contribution in [0.15, 0.2) is 60.7 Å². The lowest BCUT2D eigenvalue weighted by atomic mass is 10.1. The highest BCUT2D eigenvalue weighted by atomic mass is 32.1. The molecule has 27 heavy (non-hydrogen) atoms. The second-order valence-electron chi connectivity index (χ2n) is 6.78. The van der Waals surface area contributed by atoms with Gasteiger partial charge < -0.3 is 9.64 Å². The van der Waals surface area contributed by atoms with Gasteiger partial charge in [-0.05, 0) is 17.5 Å². The molecule has 1 saturated heterocycles. The van der Waals surface area contributed by atoms with E-state index in [0.29, 0.717) is 19.5 Å². The van der Waals surface area contributed by atoms with Crippen molar-refractivity contribution in [1.82, 2.24) is 9.80 Å². The van der Waals surface area contributed by atoms with Crippen LogP contribution in [-0.2, 0) is 22.7 Å². The van der Waals surface area contributed by atoms with E-state index in [1.165, 1.54) is 4.90 Å². The topological polar surface area (TPSA) is 49.9 Å². The molecule has 1 aliphatic rings. The number of amides is 2. The van der Waals surface area contributed by atoms with Crippen molar-refractivity contribution in [1.29, 1.82) is 0 Å². The molecule has 0 spiro atoms. The molecule has 2 aromatic rings. The SMILES string of the molecule is CN(Cc1ccccc1)C(=O)[C@@H]1C[C@@H](S)CN1C(=O)OCc1ccccc1.